The highest BCUT2D eigenvalue weighted by atomic mass is 16.2. The fourth-order valence-electron chi connectivity index (χ4n) is 1.34. The van der Waals surface area contributed by atoms with Gasteiger partial charge >= 0.3 is 0 Å². The minimum atomic E-state index is -0.467. The van der Waals surface area contributed by atoms with E-state index in [1.165, 1.54) is 4.90 Å². The van der Waals surface area contributed by atoms with Crippen LogP contribution < -0.4 is 11.5 Å². The maximum absolute atomic E-state index is 11.8. The Labute approximate surface area is 97.2 Å². The van der Waals surface area contributed by atoms with Gasteiger partial charge < -0.3 is 16.4 Å². The van der Waals surface area contributed by atoms with Crippen LogP contribution in [0, 0.1) is 0 Å². The third kappa shape index (κ3) is 7.23. The molecule has 0 spiro atoms. The second-order valence-electron chi connectivity index (χ2n) is 4.15. The zero-order chi connectivity index (χ0) is 12.6. The first-order chi connectivity index (χ1) is 7.47. The Morgan fingerprint density at radius 3 is 2.44 bits per heavy atom. The van der Waals surface area contributed by atoms with Gasteiger partial charge in [-0.15, -0.1) is 0 Å². The number of nitrogens with two attached hydrogens (primary N) is 2. The Morgan fingerprint density at radius 1 is 1.38 bits per heavy atom. The van der Waals surface area contributed by atoms with Crippen molar-refractivity contribution in [1.29, 1.82) is 0 Å². The number of hydrogen-bond donors (Lipinski definition) is 2. The molecule has 0 fully saturated rings. The zero-order valence-electron chi connectivity index (χ0n) is 10.2. The van der Waals surface area contributed by atoms with Gasteiger partial charge in [0.2, 0.25) is 11.8 Å². The number of nitrogens with zero attached hydrogens (tertiary/aromatic N) is 1. The molecule has 0 saturated carbocycles. The molecule has 1 atom stereocenters. The van der Waals surface area contributed by atoms with Gasteiger partial charge in [0.15, 0.2) is 0 Å². The van der Waals surface area contributed by atoms with E-state index in [0.717, 1.165) is 12.8 Å². The molecule has 0 aliphatic heterocycles. The number of unbranched alkanes of at least 4 members (excludes halogenated alkanes) is 1. The van der Waals surface area contributed by atoms with Gasteiger partial charge in [-0.05, 0) is 19.8 Å². The highest BCUT2D eigenvalue weighted by Gasteiger charge is 2.15. The molecule has 0 radical (unpaired) electrons. The molecule has 1 unspecified atom stereocenters. The van der Waals surface area contributed by atoms with Crippen molar-refractivity contribution in [3.63, 3.8) is 0 Å². The highest BCUT2D eigenvalue weighted by molar-refractivity contribution is 5.83. The Bertz CT molecular complexity index is 229. The molecule has 4 N–H and O–H groups in total. The molecule has 5 nitrogen and oxygen atoms in total. The third-order valence-electron chi connectivity index (χ3n) is 2.29. The molecule has 2 amide bonds. The van der Waals surface area contributed by atoms with Crippen LogP contribution in [0.2, 0.25) is 0 Å². The van der Waals surface area contributed by atoms with Crippen LogP contribution >= 0.6 is 0 Å². The van der Waals surface area contributed by atoms with E-state index in [1.807, 2.05) is 13.8 Å². The standard InChI is InChI=1S/C11H23N3O2/c1-3-4-7-14(8-10(13)15)11(16)6-5-9(2)12/h9H,3-8,12H2,1-2H3,(H2,13,15). The molecule has 0 aliphatic carbocycles. The molecule has 0 aromatic rings. The lowest BCUT2D eigenvalue weighted by Gasteiger charge is -2.21. The van der Waals surface area contributed by atoms with Gasteiger partial charge in [0.1, 0.15) is 0 Å². The molecule has 0 bridgehead atoms. The largest absolute Gasteiger partial charge is 0.368 e. The van der Waals surface area contributed by atoms with Crippen LogP contribution in [0.5, 0.6) is 0 Å². The summed E-state index contributed by atoms with van der Waals surface area (Å²) in [6.45, 7) is 4.50. The van der Waals surface area contributed by atoms with Crippen LogP contribution in [-0.2, 0) is 9.59 Å². The highest BCUT2D eigenvalue weighted by Crippen LogP contribution is 2.02. The summed E-state index contributed by atoms with van der Waals surface area (Å²) >= 11 is 0. The lowest BCUT2D eigenvalue weighted by molar-refractivity contribution is -0.135. The van der Waals surface area contributed by atoms with Crippen LogP contribution in [0.15, 0.2) is 0 Å². The third-order valence-corrected chi connectivity index (χ3v) is 2.29. The van der Waals surface area contributed by atoms with E-state index in [1.54, 1.807) is 0 Å². The summed E-state index contributed by atoms with van der Waals surface area (Å²) < 4.78 is 0. The molecular weight excluding hydrogens is 206 g/mol. The minimum absolute atomic E-state index is 0.00514. The molecule has 0 aliphatic rings. The van der Waals surface area contributed by atoms with Gasteiger partial charge in [0.05, 0.1) is 6.54 Å². The number of hydrogen-bond acceptors (Lipinski definition) is 3. The number of amides is 2. The number of primary amides is 1. The lowest BCUT2D eigenvalue weighted by Crippen LogP contribution is -2.39. The molecule has 0 aromatic heterocycles. The summed E-state index contributed by atoms with van der Waals surface area (Å²) in [6, 6.07) is 0.00514. The van der Waals surface area contributed by atoms with Crippen LogP contribution in [0.3, 0.4) is 0 Å². The van der Waals surface area contributed by atoms with E-state index in [0.29, 0.717) is 19.4 Å². The van der Waals surface area contributed by atoms with Gasteiger partial charge in [-0.2, -0.15) is 0 Å². The minimum Gasteiger partial charge on any atom is -0.368 e. The van der Waals surface area contributed by atoms with Crippen molar-refractivity contribution in [2.75, 3.05) is 13.1 Å². The van der Waals surface area contributed by atoms with Crippen LogP contribution in [0.1, 0.15) is 39.5 Å². The maximum atomic E-state index is 11.8. The molecule has 16 heavy (non-hydrogen) atoms. The van der Waals surface area contributed by atoms with E-state index >= 15 is 0 Å². The fraction of sp³-hybridized carbons (Fsp3) is 0.818. The molecule has 0 saturated heterocycles. The van der Waals surface area contributed by atoms with Crippen LogP contribution in [-0.4, -0.2) is 35.8 Å². The Kier molecular flexibility index (Phi) is 7.54. The van der Waals surface area contributed by atoms with E-state index in [4.69, 9.17) is 11.5 Å². The van der Waals surface area contributed by atoms with Gasteiger partial charge in [0, 0.05) is 19.0 Å². The quantitative estimate of drug-likeness (QED) is 0.624. The first-order valence-electron chi connectivity index (χ1n) is 5.79. The van der Waals surface area contributed by atoms with Gasteiger partial charge in [-0.25, -0.2) is 0 Å². The van der Waals surface area contributed by atoms with Gasteiger partial charge in [0.25, 0.3) is 0 Å². The van der Waals surface area contributed by atoms with E-state index in [9.17, 15) is 9.59 Å². The van der Waals surface area contributed by atoms with Crippen molar-refractivity contribution in [3.8, 4) is 0 Å². The van der Waals surface area contributed by atoms with Crippen LogP contribution in [0.4, 0.5) is 0 Å². The Hall–Kier alpha value is -1.10. The predicted molar refractivity (Wildman–Crippen MR) is 63.6 cm³/mol. The Morgan fingerprint density at radius 2 is 2.00 bits per heavy atom. The number of rotatable bonds is 8. The number of carbonyl (C=O) groups is 2. The zero-order valence-corrected chi connectivity index (χ0v) is 10.2. The Balaban J connectivity index is 4.14. The maximum Gasteiger partial charge on any atom is 0.237 e. The first-order valence-corrected chi connectivity index (χ1v) is 5.79. The first kappa shape index (κ1) is 14.9. The monoisotopic (exact) mass is 229 g/mol. The summed E-state index contributed by atoms with van der Waals surface area (Å²) in [5.74, 6) is -0.505. The van der Waals surface area contributed by atoms with E-state index in [-0.39, 0.29) is 18.5 Å². The predicted octanol–water partition coefficient (Wildman–Crippen LogP) is 0.228. The van der Waals surface area contributed by atoms with Crippen molar-refractivity contribution in [2.24, 2.45) is 11.5 Å². The second kappa shape index (κ2) is 8.10. The molecular formula is C11H23N3O2. The summed E-state index contributed by atoms with van der Waals surface area (Å²) in [5, 5.41) is 0. The average molecular weight is 229 g/mol. The fourth-order valence-corrected chi connectivity index (χ4v) is 1.34. The van der Waals surface area contributed by atoms with Crippen LogP contribution in [0.25, 0.3) is 0 Å². The van der Waals surface area contributed by atoms with E-state index in [2.05, 4.69) is 0 Å². The molecule has 0 aromatic carbocycles. The summed E-state index contributed by atoms with van der Waals surface area (Å²) in [4.78, 5) is 24.1. The van der Waals surface area contributed by atoms with Crippen molar-refractivity contribution >= 4 is 11.8 Å². The van der Waals surface area contributed by atoms with Crippen molar-refractivity contribution in [1.82, 2.24) is 4.90 Å². The molecule has 0 heterocycles. The summed E-state index contributed by atoms with van der Waals surface area (Å²) in [5.41, 5.74) is 10.7. The molecule has 94 valence electrons. The second-order valence-corrected chi connectivity index (χ2v) is 4.15. The number of carbonyl (C=O) groups excluding carboxylic acids is 2. The van der Waals surface area contributed by atoms with E-state index < -0.39 is 5.91 Å². The van der Waals surface area contributed by atoms with Crippen molar-refractivity contribution < 1.29 is 9.59 Å². The van der Waals surface area contributed by atoms with Crippen molar-refractivity contribution in [3.05, 3.63) is 0 Å². The molecule has 0 rings (SSSR count). The summed E-state index contributed by atoms with van der Waals surface area (Å²) in [6.07, 6.45) is 2.89. The molecule has 5 heteroatoms. The van der Waals surface area contributed by atoms with Crippen molar-refractivity contribution in [2.45, 2.75) is 45.6 Å². The summed E-state index contributed by atoms with van der Waals surface area (Å²) in [7, 11) is 0. The lowest BCUT2D eigenvalue weighted by atomic mass is 10.1. The average Bonchev–Trinajstić information content (AvgIpc) is 2.20. The smallest absolute Gasteiger partial charge is 0.237 e. The van der Waals surface area contributed by atoms with Gasteiger partial charge in [-0.3, -0.25) is 9.59 Å². The topological polar surface area (TPSA) is 89.4 Å². The normalized spacial score (nSPS) is 12.2. The van der Waals surface area contributed by atoms with Gasteiger partial charge in [-0.1, -0.05) is 13.3 Å². The SMILES string of the molecule is CCCCN(CC(N)=O)C(=O)CCC(C)N.